The summed E-state index contributed by atoms with van der Waals surface area (Å²) in [5.41, 5.74) is 3.03. The molecule has 2 aromatic carbocycles. The van der Waals surface area contributed by atoms with Gasteiger partial charge in [0, 0.05) is 13.1 Å². The number of hydrogen-bond acceptors (Lipinski definition) is 3. The van der Waals surface area contributed by atoms with E-state index in [-0.39, 0.29) is 18.2 Å². The molecule has 0 saturated carbocycles. The van der Waals surface area contributed by atoms with Gasteiger partial charge in [-0.05, 0) is 43.0 Å². The van der Waals surface area contributed by atoms with Crippen molar-refractivity contribution in [2.24, 2.45) is 5.92 Å². The third-order valence-electron chi connectivity index (χ3n) is 4.80. The molecule has 0 aliphatic rings. The lowest BCUT2D eigenvalue weighted by molar-refractivity contribution is -0.140. The van der Waals surface area contributed by atoms with Crippen LogP contribution >= 0.6 is 0 Å². The molecule has 0 heterocycles. The lowest BCUT2D eigenvalue weighted by Crippen LogP contribution is -2.48. The molecular formula is C24H32N2O3. The predicted molar refractivity (Wildman–Crippen MR) is 116 cm³/mol. The van der Waals surface area contributed by atoms with Gasteiger partial charge in [-0.15, -0.1) is 0 Å². The van der Waals surface area contributed by atoms with E-state index in [1.54, 1.807) is 18.9 Å². The Hall–Kier alpha value is -2.82. The summed E-state index contributed by atoms with van der Waals surface area (Å²) >= 11 is 0. The van der Waals surface area contributed by atoms with E-state index in [1.165, 1.54) is 0 Å². The first-order chi connectivity index (χ1) is 13.8. The van der Waals surface area contributed by atoms with Crippen LogP contribution in [0.3, 0.4) is 0 Å². The Kier molecular flexibility index (Phi) is 8.25. The predicted octanol–water partition coefficient (Wildman–Crippen LogP) is 3.74. The maximum atomic E-state index is 13.2. The van der Waals surface area contributed by atoms with E-state index < -0.39 is 6.04 Å². The molecule has 0 spiro atoms. The molecule has 1 unspecified atom stereocenters. The van der Waals surface area contributed by atoms with Gasteiger partial charge < -0.3 is 15.0 Å². The Balaban J connectivity index is 2.19. The maximum absolute atomic E-state index is 13.2. The molecule has 29 heavy (non-hydrogen) atoms. The summed E-state index contributed by atoms with van der Waals surface area (Å²) < 4.78 is 5.18. The molecule has 0 aliphatic carbocycles. The molecular weight excluding hydrogens is 364 g/mol. The zero-order chi connectivity index (χ0) is 21.4. The second-order valence-electron chi connectivity index (χ2n) is 7.85. The number of rotatable bonds is 9. The first-order valence-electron chi connectivity index (χ1n) is 10.1. The van der Waals surface area contributed by atoms with Crippen molar-refractivity contribution in [1.82, 2.24) is 10.2 Å². The second-order valence-corrected chi connectivity index (χ2v) is 7.85. The normalized spacial score (nSPS) is 11.8. The molecule has 1 atom stereocenters. The first kappa shape index (κ1) is 22.5. The van der Waals surface area contributed by atoms with Gasteiger partial charge in [-0.1, -0.05) is 55.8 Å². The van der Waals surface area contributed by atoms with Crippen molar-refractivity contribution in [1.29, 1.82) is 0 Å². The van der Waals surface area contributed by atoms with Crippen molar-refractivity contribution in [3.8, 4) is 5.75 Å². The van der Waals surface area contributed by atoms with Crippen molar-refractivity contribution in [3.63, 3.8) is 0 Å². The van der Waals surface area contributed by atoms with Gasteiger partial charge in [0.05, 0.1) is 13.5 Å². The fourth-order valence-corrected chi connectivity index (χ4v) is 3.06. The minimum Gasteiger partial charge on any atom is -0.497 e. The second kappa shape index (κ2) is 10.6. The number of carbonyl (C=O) groups is 2. The van der Waals surface area contributed by atoms with E-state index in [1.807, 2.05) is 69.3 Å². The number of methoxy groups -OCH3 is 1. The number of nitrogens with zero attached hydrogens (tertiary/aromatic N) is 1. The summed E-state index contributed by atoms with van der Waals surface area (Å²) in [5, 5.41) is 2.94. The van der Waals surface area contributed by atoms with Gasteiger partial charge in [0.15, 0.2) is 0 Å². The topological polar surface area (TPSA) is 58.6 Å². The molecule has 2 amide bonds. The number of hydrogen-bond donors (Lipinski definition) is 1. The average Bonchev–Trinajstić information content (AvgIpc) is 2.70. The highest BCUT2D eigenvalue weighted by atomic mass is 16.5. The van der Waals surface area contributed by atoms with Gasteiger partial charge >= 0.3 is 0 Å². The van der Waals surface area contributed by atoms with Crippen LogP contribution < -0.4 is 10.1 Å². The molecule has 0 saturated heterocycles. The molecule has 0 aliphatic heterocycles. The lowest BCUT2D eigenvalue weighted by Gasteiger charge is -2.29. The average molecular weight is 397 g/mol. The van der Waals surface area contributed by atoms with Crippen LogP contribution in [0.1, 0.15) is 37.5 Å². The molecule has 0 bridgehead atoms. The van der Waals surface area contributed by atoms with Gasteiger partial charge in [-0.3, -0.25) is 9.59 Å². The van der Waals surface area contributed by atoms with Crippen molar-refractivity contribution >= 4 is 11.8 Å². The standard InChI is InChI=1S/C24H32N2O3/c1-17(2)15-25-24(28)19(4)26(16-21-8-6-7-18(3)13-21)23(27)14-20-9-11-22(29-5)12-10-20/h6-13,17,19H,14-16H2,1-5H3,(H,25,28). The number of aryl methyl sites for hydroxylation is 1. The minimum atomic E-state index is -0.556. The van der Waals surface area contributed by atoms with Crippen LogP contribution in [-0.4, -0.2) is 36.4 Å². The summed E-state index contributed by atoms with van der Waals surface area (Å²) in [6, 6.07) is 14.9. The summed E-state index contributed by atoms with van der Waals surface area (Å²) in [5.74, 6) is 0.893. The highest BCUT2D eigenvalue weighted by Gasteiger charge is 2.26. The SMILES string of the molecule is COc1ccc(CC(=O)N(Cc2cccc(C)c2)C(C)C(=O)NCC(C)C)cc1. The lowest BCUT2D eigenvalue weighted by atomic mass is 10.1. The fourth-order valence-electron chi connectivity index (χ4n) is 3.06. The van der Waals surface area contributed by atoms with E-state index in [0.29, 0.717) is 19.0 Å². The first-order valence-corrected chi connectivity index (χ1v) is 10.1. The zero-order valence-corrected chi connectivity index (χ0v) is 18.1. The highest BCUT2D eigenvalue weighted by Crippen LogP contribution is 2.16. The van der Waals surface area contributed by atoms with Crippen molar-refractivity contribution < 1.29 is 14.3 Å². The van der Waals surface area contributed by atoms with E-state index in [4.69, 9.17) is 4.74 Å². The minimum absolute atomic E-state index is 0.0798. The number of ether oxygens (including phenoxy) is 1. The molecule has 2 rings (SSSR count). The Bertz CT molecular complexity index is 815. The van der Waals surface area contributed by atoms with Gasteiger partial charge in [-0.25, -0.2) is 0 Å². The Morgan fingerprint density at radius 2 is 1.72 bits per heavy atom. The number of carbonyl (C=O) groups excluding carboxylic acids is 2. The van der Waals surface area contributed by atoms with Crippen LogP contribution in [0.15, 0.2) is 48.5 Å². The van der Waals surface area contributed by atoms with Crippen molar-refractivity contribution in [2.45, 2.75) is 46.7 Å². The smallest absolute Gasteiger partial charge is 0.242 e. The zero-order valence-electron chi connectivity index (χ0n) is 18.1. The third kappa shape index (κ3) is 6.93. The molecule has 156 valence electrons. The Labute approximate surface area is 174 Å². The molecule has 0 fully saturated rings. The Morgan fingerprint density at radius 3 is 2.31 bits per heavy atom. The maximum Gasteiger partial charge on any atom is 0.242 e. The van der Waals surface area contributed by atoms with Gasteiger partial charge in [-0.2, -0.15) is 0 Å². The number of nitrogens with one attached hydrogen (secondary N) is 1. The number of amides is 2. The van der Waals surface area contributed by atoms with Crippen molar-refractivity contribution in [3.05, 3.63) is 65.2 Å². The summed E-state index contributed by atoms with van der Waals surface area (Å²) in [6.07, 6.45) is 0.234. The largest absolute Gasteiger partial charge is 0.497 e. The summed E-state index contributed by atoms with van der Waals surface area (Å²) in [7, 11) is 1.61. The molecule has 0 aromatic heterocycles. The van der Waals surface area contributed by atoms with E-state index in [0.717, 1.165) is 22.4 Å². The molecule has 1 N–H and O–H groups in total. The van der Waals surface area contributed by atoms with Crippen LogP contribution in [0, 0.1) is 12.8 Å². The highest BCUT2D eigenvalue weighted by molar-refractivity contribution is 5.88. The number of benzene rings is 2. The summed E-state index contributed by atoms with van der Waals surface area (Å²) in [4.78, 5) is 27.5. The van der Waals surface area contributed by atoms with Crippen LogP contribution in [0.5, 0.6) is 5.75 Å². The molecule has 5 nitrogen and oxygen atoms in total. The fraction of sp³-hybridized carbons (Fsp3) is 0.417. The van der Waals surface area contributed by atoms with Crippen molar-refractivity contribution in [2.75, 3.05) is 13.7 Å². The third-order valence-corrected chi connectivity index (χ3v) is 4.80. The van der Waals surface area contributed by atoms with E-state index in [2.05, 4.69) is 5.32 Å². The molecule has 2 aromatic rings. The quantitative estimate of drug-likeness (QED) is 0.703. The van der Waals surface area contributed by atoms with Crippen LogP contribution in [-0.2, 0) is 22.6 Å². The Morgan fingerprint density at radius 1 is 1.03 bits per heavy atom. The molecule has 0 radical (unpaired) electrons. The van der Waals surface area contributed by atoms with E-state index in [9.17, 15) is 9.59 Å². The van der Waals surface area contributed by atoms with Crippen LogP contribution in [0.25, 0.3) is 0 Å². The van der Waals surface area contributed by atoms with Gasteiger partial charge in [0.1, 0.15) is 11.8 Å². The monoisotopic (exact) mass is 396 g/mol. The van der Waals surface area contributed by atoms with Gasteiger partial charge in [0.2, 0.25) is 11.8 Å². The molecule has 5 heteroatoms. The van der Waals surface area contributed by atoms with Crippen LogP contribution in [0.4, 0.5) is 0 Å². The van der Waals surface area contributed by atoms with Crippen LogP contribution in [0.2, 0.25) is 0 Å². The van der Waals surface area contributed by atoms with E-state index >= 15 is 0 Å². The van der Waals surface area contributed by atoms with Gasteiger partial charge in [0.25, 0.3) is 0 Å². The summed E-state index contributed by atoms with van der Waals surface area (Å²) in [6.45, 7) is 8.89.